The predicted molar refractivity (Wildman–Crippen MR) is 69.5 cm³/mol. The zero-order valence-electron chi connectivity index (χ0n) is 11.3. The molecule has 0 N–H and O–H groups in total. The van der Waals surface area contributed by atoms with Crippen molar-refractivity contribution in [3.63, 3.8) is 0 Å². The molecule has 0 radical (unpaired) electrons. The Hall–Kier alpha value is -0.770. The first-order valence-corrected chi connectivity index (χ1v) is 6.97. The molecule has 0 saturated carbocycles. The van der Waals surface area contributed by atoms with Gasteiger partial charge < -0.3 is 4.74 Å². The molecule has 98 valence electrons. The first-order valence-electron chi connectivity index (χ1n) is 6.97. The summed E-state index contributed by atoms with van der Waals surface area (Å²) in [5.74, 6) is 1.47. The van der Waals surface area contributed by atoms with E-state index in [0.717, 1.165) is 19.7 Å². The first-order chi connectivity index (χ1) is 8.36. The lowest BCUT2D eigenvalue weighted by atomic mass is 10.4. The minimum atomic E-state index is 0.831. The van der Waals surface area contributed by atoms with Gasteiger partial charge in [0.05, 0.1) is 45.9 Å². The van der Waals surface area contributed by atoms with Crippen molar-refractivity contribution in [2.24, 2.45) is 0 Å². The molecule has 17 heavy (non-hydrogen) atoms. The number of guanidine groups is 1. The average molecular weight is 240 g/mol. The number of nitrogens with zero attached hydrogens (tertiary/aromatic N) is 3. The first kappa shape index (κ1) is 12.7. The molecule has 2 aliphatic heterocycles. The van der Waals surface area contributed by atoms with Crippen LogP contribution in [0.2, 0.25) is 0 Å². The highest BCUT2D eigenvalue weighted by Crippen LogP contribution is 2.13. The van der Waals surface area contributed by atoms with Gasteiger partial charge in [-0.25, -0.2) is 0 Å². The molecule has 0 amide bonds. The van der Waals surface area contributed by atoms with Crippen molar-refractivity contribution in [3.05, 3.63) is 0 Å². The van der Waals surface area contributed by atoms with Crippen LogP contribution in [0.5, 0.6) is 0 Å². The highest BCUT2D eigenvalue weighted by molar-refractivity contribution is 5.77. The maximum atomic E-state index is 5.22. The third kappa shape index (κ3) is 2.92. The molecule has 2 saturated heterocycles. The molecule has 2 fully saturated rings. The van der Waals surface area contributed by atoms with Crippen LogP contribution in [-0.4, -0.2) is 73.3 Å². The molecule has 0 spiro atoms. The molecule has 0 unspecified atom stereocenters. The predicted octanol–water partition coefficient (Wildman–Crippen LogP) is 0.823. The molecule has 0 aromatic carbocycles. The SMILES string of the molecule is CCCN1CCN(CCOC)C1=[N+]1CCCC1. The van der Waals surface area contributed by atoms with Crippen LogP contribution in [0.4, 0.5) is 0 Å². The molecule has 0 atom stereocenters. The van der Waals surface area contributed by atoms with Gasteiger partial charge in [-0.1, -0.05) is 6.92 Å². The molecule has 0 bridgehead atoms. The summed E-state index contributed by atoms with van der Waals surface area (Å²) in [4.78, 5) is 5.06. The van der Waals surface area contributed by atoms with Crippen LogP contribution in [0.1, 0.15) is 26.2 Å². The van der Waals surface area contributed by atoms with Crippen molar-refractivity contribution in [1.82, 2.24) is 9.80 Å². The second-order valence-corrected chi connectivity index (χ2v) is 4.96. The quantitative estimate of drug-likeness (QED) is 0.663. The summed E-state index contributed by atoms with van der Waals surface area (Å²) >= 11 is 0. The second-order valence-electron chi connectivity index (χ2n) is 4.96. The van der Waals surface area contributed by atoms with E-state index >= 15 is 0 Å². The normalized spacial score (nSPS) is 20.8. The Morgan fingerprint density at radius 2 is 1.76 bits per heavy atom. The number of ether oxygens (including phenoxy) is 1. The molecular formula is C13H26N3O+. The number of methoxy groups -OCH3 is 1. The van der Waals surface area contributed by atoms with E-state index in [-0.39, 0.29) is 0 Å². The van der Waals surface area contributed by atoms with Crippen LogP contribution in [0.25, 0.3) is 0 Å². The van der Waals surface area contributed by atoms with Crippen LogP contribution in [0.15, 0.2) is 0 Å². The van der Waals surface area contributed by atoms with Gasteiger partial charge in [-0.3, -0.25) is 14.4 Å². The molecule has 2 aliphatic rings. The fraction of sp³-hybridized carbons (Fsp3) is 0.923. The fourth-order valence-electron chi connectivity index (χ4n) is 2.85. The van der Waals surface area contributed by atoms with Crippen LogP contribution < -0.4 is 0 Å². The molecule has 4 heteroatoms. The largest absolute Gasteiger partial charge is 0.381 e. The van der Waals surface area contributed by atoms with E-state index in [4.69, 9.17) is 4.74 Å². The summed E-state index contributed by atoms with van der Waals surface area (Å²) in [5.41, 5.74) is 0. The lowest BCUT2D eigenvalue weighted by Gasteiger charge is -2.19. The maximum absolute atomic E-state index is 5.22. The van der Waals surface area contributed by atoms with Crippen molar-refractivity contribution in [2.75, 3.05) is 53.0 Å². The van der Waals surface area contributed by atoms with Crippen molar-refractivity contribution in [3.8, 4) is 0 Å². The van der Waals surface area contributed by atoms with Gasteiger partial charge in [0.1, 0.15) is 0 Å². The Bertz CT molecular complexity index is 270. The lowest BCUT2D eigenvalue weighted by Crippen LogP contribution is -2.42. The van der Waals surface area contributed by atoms with E-state index in [0.29, 0.717) is 0 Å². The lowest BCUT2D eigenvalue weighted by molar-refractivity contribution is -0.515. The van der Waals surface area contributed by atoms with Crippen molar-refractivity contribution in [2.45, 2.75) is 26.2 Å². The van der Waals surface area contributed by atoms with Gasteiger partial charge >= 0.3 is 5.96 Å². The van der Waals surface area contributed by atoms with Gasteiger partial charge in [0.15, 0.2) is 0 Å². The number of rotatable bonds is 5. The minimum absolute atomic E-state index is 0.831. The van der Waals surface area contributed by atoms with Crippen LogP contribution in [0, 0.1) is 0 Å². The van der Waals surface area contributed by atoms with Gasteiger partial charge in [0.2, 0.25) is 0 Å². The highest BCUT2D eigenvalue weighted by atomic mass is 16.5. The summed E-state index contributed by atoms with van der Waals surface area (Å²) in [6, 6.07) is 0. The van der Waals surface area contributed by atoms with Crippen molar-refractivity contribution >= 4 is 5.96 Å². The number of hydrogen-bond donors (Lipinski definition) is 0. The molecular weight excluding hydrogens is 214 g/mol. The zero-order valence-corrected chi connectivity index (χ0v) is 11.3. The number of hydrogen-bond acceptors (Lipinski definition) is 1. The third-order valence-corrected chi connectivity index (χ3v) is 3.65. The third-order valence-electron chi connectivity index (χ3n) is 3.65. The van der Waals surface area contributed by atoms with Crippen LogP contribution >= 0.6 is 0 Å². The minimum Gasteiger partial charge on any atom is -0.381 e. The molecule has 2 rings (SSSR count). The van der Waals surface area contributed by atoms with Crippen LogP contribution in [0.3, 0.4) is 0 Å². The molecule has 0 aromatic heterocycles. The molecule has 0 aliphatic carbocycles. The van der Waals surface area contributed by atoms with Crippen molar-refractivity contribution < 1.29 is 9.31 Å². The summed E-state index contributed by atoms with van der Waals surface area (Å²) in [6.07, 6.45) is 3.93. The van der Waals surface area contributed by atoms with Gasteiger partial charge in [-0.15, -0.1) is 0 Å². The summed E-state index contributed by atoms with van der Waals surface area (Å²) < 4.78 is 7.79. The summed E-state index contributed by atoms with van der Waals surface area (Å²) in [6.45, 7) is 10.1. The van der Waals surface area contributed by atoms with E-state index < -0.39 is 0 Å². The summed E-state index contributed by atoms with van der Waals surface area (Å²) in [7, 11) is 1.79. The molecule has 4 nitrogen and oxygen atoms in total. The standard InChI is InChI=1S/C13H26N3O/c1-3-6-14-9-10-16(11-12-17-2)13(14)15-7-4-5-8-15/h3-12H2,1-2H3/q+1. The van der Waals surface area contributed by atoms with Gasteiger partial charge in [0, 0.05) is 7.11 Å². The van der Waals surface area contributed by atoms with E-state index in [1.807, 2.05) is 0 Å². The monoisotopic (exact) mass is 240 g/mol. The van der Waals surface area contributed by atoms with E-state index in [2.05, 4.69) is 21.3 Å². The molecule has 0 aromatic rings. The Balaban J connectivity index is 2.09. The van der Waals surface area contributed by atoms with Gasteiger partial charge in [-0.2, -0.15) is 0 Å². The van der Waals surface area contributed by atoms with E-state index in [9.17, 15) is 0 Å². The topological polar surface area (TPSA) is 18.7 Å². The average Bonchev–Trinajstić information content (AvgIpc) is 2.95. The Kier molecular flexibility index (Phi) is 4.66. The highest BCUT2D eigenvalue weighted by Gasteiger charge is 2.36. The fourth-order valence-corrected chi connectivity index (χ4v) is 2.85. The van der Waals surface area contributed by atoms with Gasteiger partial charge in [-0.05, 0) is 19.3 Å². The van der Waals surface area contributed by atoms with Crippen LogP contribution in [-0.2, 0) is 4.74 Å². The van der Waals surface area contributed by atoms with E-state index in [1.165, 1.54) is 51.4 Å². The second kappa shape index (κ2) is 6.24. The smallest absolute Gasteiger partial charge is 0.350 e. The van der Waals surface area contributed by atoms with Crippen molar-refractivity contribution in [1.29, 1.82) is 0 Å². The molecule has 2 heterocycles. The maximum Gasteiger partial charge on any atom is 0.350 e. The summed E-state index contributed by atoms with van der Waals surface area (Å²) in [5, 5.41) is 0. The Morgan fingerprint density at radius 3 is 2.35 bits per heavy atom. The zero-order chi connectivity index (χ0) is 12.1. The van der Waals surface area contributed by atoms with E-state index in [1.54, 1.807) is 7.11 Å². The Labute approximate surface area is 105 Å². The Morgan fingerprint density at radius 1 is 1.12 bits per heavy atom. The van der Waals surface area contributed by atoms with Gasteiger partial charge in [0.25, 0.3) is 0 Å².